The van der Waals surface area contributed by atoms with Crippen LogP contribution in [0.4, 0.5) is 5.69 Å². The second-order valence-electron chi connectivity index (χ2n) is 7.23. The van der Waals surface area contributed by atoms with Crippen molar-refractivity contribution in [3.63, 3.8) is 0 Å². The number of carbonyl (C=O) groups is 1. The molecule has 1 aromatic heterocycles. The Bertz CT molecular complexity index is 1160. The minimum absolute atomic E-state index is 0.0416. The zero-order chi connectivity index (χ0) is 21.3. The molecule has 152 valence electrons. The van der Waals surface area contributed by atoms with E-state index < -0.39 is 15.9 Å². The Kier molecular flexibility index (Phi) is 5.88. The van der Waals surface area contributed by atoms with Crippen LogP contribution in [0.3, 0.4) is 0 Å². The molecule has 0 spiro atoms. The monoisotopic (exact) mass is 429 g/mol. The lowest BCUT2D eigenvalue weighted by Crippen LogP contribution is -2.16. The highest BCUT2D eigenvalue weighted by atomic mass is 32.2. The standard InChI is InChI=1S/C21H23N3O3S2/c1-12(2)15-5-7-16(8-6-15)21-24-19(11-28-21)20(25)23-18-10-17(29(22,26)27)9-13(3)14(18)4/h5-12H,1-4H3,(H,23,25)(H2,22,26,27). The fourth-order valence-electron chi connectivity index (χ4n) is 2.83. The Hall–Kier alpha value is -2.55. The van der Waals surface area contributed by atoms with Crippen LogP contribution in [0.2, 0.25) is 0 Å². The van der Waals surface area contributed by atoms with Crippen molar-refractivity contribution in [1.82, 2.24) is 4.98 Å². The van der Waals surface area contributed by atoms with Crippen molar-refractivity contribution in [3.05, 3.63) is 64.2 Å². The molecule has 0 saturated carbocycles. The number of thiazole rings is 1. The molecular weight excluding hydrogens is 406 g/mol. The molecule has 3 aromatic rings. The molecular formula is C21H23N3O3S2. The van der Waals surface area contributed by atoms with E-state index in [2.05, 4.69) is 36.3 Å². The number of primary sulfonamides is 1. The third-order valence-corrected chi connectivity index (χ3v) is 6.56. The maximum atomic E-state index is 12.7. The number of hydrogen-bond acceptors (Lipinski definition) is 5. The molecule has 0 bridgehead atoms. The van der Waals surface area contributed by atoms with Crippen LogP contribution in [0.15, 0.2) is 46.7 Å². The fraction of sp³-hybridized carbons (Fsp3) is 0.238. The SMILES string of the molecule is Cc1cc(S(N)(=O)=O)cc(NC(=O)c2csc(-c3ccc(C(C)C)cc3)n2)c1C. The van der Waals surface area contributed by atoms with Crippen LogP contribution in [0, 0.1) is 13.8 Å². The van der Waals surface area contributed by atoms with Crippen LogP contribution in [0.1, 0.15) is 46.9 Å². The van der Waals surface area contributed by atoms with Gasteiger partial charge in [0, 0.05) is 16.6 Å². The molecule has 8 heteroatoms. The maximum absolute atomic E-state index is 12.7. The van der Waals surface area contributed by atoms with Crippen molar-refractivity contribution < 1.29 is 13.2 Å². The minimum Gasteiger partial charge on any atom is -0.320 e. The summed E-state index contributed by atoms with van der Waals surface area (Å²) in [6.45, 7) is 7.84. The topological polar surface area (TPSA) is 102 Å². The first kappa shape index (κ1) is 21.2. The van der Waals surface area contributed by atoms with Crippen LogP contribution < -0.4 is 10.5 Å². The quantitative estimate of drug-likeness (QED) is 0.625. The molecule has 3 N–H and O–H groups in total. The van der Waals surface area contributed by atoms with Gasteiger partial charge in [-0.05, 0) is 48.6 Å². The molecule has 0 fully saturated rings. The number of nitrogens with two attached hydrogens (primary N) is 1. The van der Waals surface area contributed by atoms with Crippen molar-refractivity contribution >= 4 is 33.0 Å². The van der Waals surface area contributed by atoms with E-state index in [9.17, 15) is 13.2 Å². The van der Waals surface area contributed by atoms with E-state index in [4.69, 9.17) is 5.14 Å². The average Bonchev–Trinajstić information content (AvgIpc) is 3.14. The Balaban J connectivity index is 1.85. The van der Waals surface area contributed by atoms with Crippen molar-refractivity contribution in [2.45, 2.75) is 38.5 Å². The van der Waals surface area contributed by atoms with Gasteiger partial charge in [-0.3, -0.25) is 4.79 Å². The molecule has 0 atom stereocenters. The first-order chi connectivity index (χ1) is 13.6. The van der Waals surface area contributed by atoms with Gasteiger partial charge in [0.1, 0.15) is 10.7 Å². The van der Waals surface area contributed by atoms with E-state index in [-0.39, 0.29) is 10.6 Å². The number of nitrogens with one attached hydrogen (secondary N) is 1. The van der Waals surface area contributed by atoms with Crippen LogP contribution in [-0.4, -0.2) is 19.3 Å². The molecule has 3 rings (SSSR count). The number of amides is 1. The maximum Gasteiger partial charge on any atom is 0.275 e. The zero-order valence-electron chi connectivity index (χ0n) is 16.7. The van der Waals surface area contributed by atoms with Gasteiger partial charge in [0.2, 0.25) is 10.0 Å². The summed E-state index contributed by atoms with van der Waals surface area (Å²) in [7, 11) is -3.87. The summed E-state index contributed by atoms with van der Waals surface area (Å²) in [6.07, 6.45) is 0. The molecule has 0 saturated heterocycles. The zero-order valence-corrected chi connectivity index (χ0v) is 18.3. The number of rotatable bonds is 5. The van der Waals surface area contributed by atoms with Gasteiger partial charge in [0.15, 0.2) is 0 Å². The Morgan fingerprint density at radius 1 is 1.14 bits per heavy atom. The van der Waals surface area contributed by atoms with Crippen LogP contribution in [-0.2, 0) is 10.0 Å². The summed E-state index contributed by atoms with van der Waals surface area (Å²) < 4.78 is 23.4. The normalized spacial score (nSPS) is 11.7. The molecule has 2 aromatic carbocycles. The van der Waals surface area contributed by atoms with Gasteiger partial charge in [-0.25, -0.2) is 18.5 Å². The van der Waals surface area contributed by atoms with E-state index in [1.165, 1.54) is 29.0 Å². The highest BCUT2D eigenvalue weighted by Gasteiger charge is 2.17. The molecule has 0 unspecified atom stereocenters. The minimum atomic E-state index is -3.87. The Morgan fingerprint density at radius 2 is 1.79 bits per heavy atom. The molecule has 0 aliphatic carbocycles. The summed E-state index contributed by atoms with van der Waals surface area (Å²) in [4.78, 5) is 17.1. The number of sulfonamides is 1. The van der Waals surface area contributed by atoms with Gasteiger partial charge in [-0.1, -0.05) is 38.1 Å². The molecule has 1 amide bonds. The molecule has 6 nitrogen and oxygen atoms in total. The van der Waals surface area contributed by atoms with Gasteiger partial charge in [-0.15, -0.1) is 11.3 Å². The lowest BCUT2D eigenvalue weighted by molar-refractivity contribution is 0.102. The van der Waals surface area contributed by atoms with E-state index in [1.54, 1.807) is 19.2 Å². The van der Waals surface area contributed by atoms with E-state index in [0.29, 0.717) is 11.6 Å². The molecule has 29 heavy (non-hydrogen) atoms. The third kappa shape index (κ3) is 4.72. The highest BCUT2D eigenvalue weighted by molar-refractivity contribution is 7.89. The van der Waals surface area contributed by atoms with Crippen LogP contribution in [0.5, 0.6) is 0 Å². The average molecular weight is 430 g/mol. The summed E-state index contributed by atoms with van der Waals surface area (Å²) >= 11 is 1.38. The van der Waals surface area contributed by atoms with Crippen molar-refractivity contribution in [2.24, 2.45) is 5.14 Å². The number of hydrogen-bond donors (Lipinski definition) is 2. The van der Waals surface area contributed by atoms with Crippen molar-refractivity contribution in [1.29, 1.82) is 0 Å². The molecule has 0 aliphatic rings. The van der Waals surface area contributed by atoms with E-state index in [0.717, 1.165) is 21.7 Å². The lowest BCUT2D eigenvalue weighted by Gasteiger charge is -2.12. The molecule has 0 radical (unpaired) electrons. The Labute approximate surface area is 174 Å². The summed E-state index contributed by atoms with van der Waals surface area (Å²) in [5, 5.41) is 10.4. The first-order valence-electron chi connectivity index (χ1n) is 9.07. The molecule has 1 heterocycles. The second kappa shape index (κ2) is 8.06. The third-order valence-electron chi connectivity index (χ3n) is 4.78. The first-order valence-corrected chi connectivity index (χ1v) is 11.5. The predicted molar refractivity (Wildman–Crippen MR) is 117 cm³/mol. The number of anilines is 1. The largest absolute Gasteiger partial charge is 0.320 e. The van der Waals surface area contributed by atoms with Gasteiger partial charge in [0.25, 0.3) is 5.91 Å². The van der Waals surface area contributed by atoms with Crippen LogP contribution >= 0.6 is 11.3 Å². The number of nitrogens with zero attached hydrogens (tertiary/aromatic N) is 1. The highest BCUT2D eigenvalue weighted by Crippen LogP contribution is 2.27. The summed E-state index contributed by atoms with van der Waals surface area (Å²) in [6, 6.07) is 11.0. The number of aromatic nitrogens is 1. The van der Waals surface area contributed by atoms with Gasteiger partial charge in [-0.2, -0.15) is 0 Å². The second-order valence-corrected chi connectivity index (χ2v) is 9.65. The van der Waals surface area contributed by atoms with Crippen LogP contribution in [0.25, 0.3) is 10.6 Å². The lowest BCUT2D eigenvalue weighted by atomic mass is 10.0. The number of carbonyl (C=O) groups excluding carboxylic acids is 1. The van der Waals surface area contributed by atoms with E-state index in [1.807, 2.05) is 12.1 Å². The van der Waals surface area contributed by atoms with Gasteiger partial charge >= 0.3 is 0 Å². The Morgan fingerprint density at radius 3 is 2.38 bits per heavy atom. The smallest absolute Gasteiger partial charge is 0.275 e. The van der Waals surface area contributed by atoms with Crippen molar-refractivity contribution in [2.75, 3.05) is 5.32 Å². The van der Waals surface area contributed by atoms with E-state index >= 15 is 0 Å². The van der Waals surface area contributed by atoms with Crippen molar-refractivity contribution in [3.8, 4) is 10.6 Å². The fourth-order valence-corrected chi connectivity index (χ4v) is 4.26. The summed E-state index contributed by atoms with van der Waals surface area (Å²) in [5.41, 5.74) is 4.35. The predicted octanol–water partition coefficient (Wildman–Crippen LogP) is 4.45. The number of aryl methyl sites for hydroxylation is 1. The molecule has 0 aliphatic heterocycles. The van der Waals surface area contributed by atoms with Gasteiger partial charge < -0.3 is 5.32 Å². The van der Waals surface area contributed by atoms with Gasteiger partial charge in [0.05, 0.1) is 4.90 Å². The summed E-state index contributed by atoms with van der Waals surface area (Å²) in [5.74, 6) is 0.0434. The number of benzene rings is 2.